The molecule has 0 aliphatic carbocycles. The van der Waals surface area contributed by atoms with E-state index in [1.54, 1.807) is 30.3 Å². The fourth-order valence-electron chi connectivity index (χ4n) is 2.32. The van der Waals surface area contributed by atoms with Crippen molar-refractivity contribution in [2.45, 2.75) is 13.8 Å². The van der Waals surface area contributed by atoms with Crippen LogP contribution in [0.2, 0.25) is 0 Å². The molecule has 2 N–H and O–H groups in total. The molecule has 25 heavy (non-hydrogen) atoms. The van der Waals surface area contributed by atoms with Crippen molar-refractivity contribution in [1.82, 2.24) is 9.97 Å². The summed E-state index contributed by atoms with van der Waals surface area (Å²) in [4.78, 5) is 20.0. The molecular formula is C19H17FN4O. The van der Waals surface area contributed by atoms with E-state index >= 15 is 0 Å². The largest absolute Gasteiger partial charge is 0.340 e. The summed E-state index contributed by atoms with van der Waals surface area (Å²) in [6, 6.07) is 15.0. The molecule has 0 aliphatic heterocycles. The van der Waals surface area contributed by atoms with Gasteiger partial charge in [-0.25, -0.2) is 9.37 Å². The molecule has 0 radical (unpaired) electrons. The van der Waals surface area contributed by atoms with Crippen LogP contribution in [0.3, 0.4) is 0 Å². The highest BCUT2D eigenvalue weighted by Crippen LogP contribution is 2.20. The number of carbonyl (C=O) groups excluding carboxylic acids is 1. The molecule has 126 valence electrons. The minimum atomic E-state index is -0.332. The smallest absolute Gasteiger partial charge is 0.229 e. The van der Waals surface area contributed by atoms with Gasteiger partial charge in [0.2, 0.25) is 5.95 Å². The van der Waals surface area contributed by atoms with Crippen LogP contribution in [0.4, 0.5) is 27.5 Å². The number of benzene rings is 2. The molecule has 0 saturated carbocycles. The maximum absolute atomic E-state index is 13.3. The molecule has 3 rings (SSSR count). The Kier molecular flexibility index (Phi) is 4.70. The predicted molar refractivity (Wildman–Crippen MR) is 96.2 cm³/mol. The van der Waals surface area contributed by atoms with Crippen LogP contribution in [-0.2, 0) is 0 Å². The maximum Gasteiger partial charge on any atom is 0.229 e. The van der Waals surface area contributed by atoms with E-state index in [1.807, 2.05) is 19.1 Å². The molecule has 3 aromatic rings. The van der Waals surface area contributed by atoms with Gasteiger partial charge in [0.05, 0.1) is 0 Å². The Hall–Kier alpha value is -3.28. The number of hydrogen-bond acceptors (Lipinski definition) is 5. The standard InChI is InChI=1S/C19H17FN4O/c1-12-10-18(22-16-8-6-14(7-9-16)13(2)25)24-19(21-12)23-17-5-3-4-15(20)11-17/h3-11H,1-2H3,(H2,21,22,23,24). The third kappa shape index (κ3) is 4.38. The average Bonchev–Trinajstić information content (AvgIpc) is 2.54. The summed E-state index contributed by atoms with van der Waals surface area (Å²) in [7, 11) is 0. The summed E-state index contributed by atoms with van der Waals surface area (Å²) in [5.74, 6) is 0.656. The summed E-state index contributed by atoms with van der Waals surface area (Å²) < 4.78 is 13.3. The molecule has 0 amide bonds. The summed E-state index contributed by atoms with van der Waals surface area (Å²) in [5, 5.41) is 6.16. The van der Waals surface area contributed by atoms with Crippen molar-refractivity contribution >= 4 is 28.9 Å². The van der Waals surface area contributed by atoms with Crippen LogP contribution in [0.15, 0.2) is 54.6 Å². The Morgan fingerprint density at radius 1 is 0.960 bits per heavy atom. The van der Waals surface area contributed by atoms with Crippen LogP contribution in [0, 0.1) is 12.7 Å². The molecule has 0 atom stereocenters. The minimum Gasteiger partial charge on any atom is -0.340 e. The molecule has 0 spiro atoms. The number of anilines is 4. The van der Waals surface area contributed by atoms with E-state index < -0.39 is 0 Å². The number of carbonyl (C=O) groups is 1. The molecule has 6 heteroatoms. The first-order valence-corrected chi connectivity index (χ1v) is 7.76. The highest BCUT2D eigenvalue weighted by molar-refractivity contribution is 5.94. The van der Waals surface area contributed by atoms with Gasteiger partial charge in [-0.1, -0.05) is 6.07 Å². The zero-order chi connectivity index (χ0) is 17.8. The molecular weight excluding hydrogens is 319 g/mol. The van der Waals surface area contributed by atoms with Gasteiger partial charge in [-0.15, -0.1) is 0 Å². The van der Waals surface area contributed by atoms with Gasteiger partial charge in [-0.3, -0.25) is 4.79 Å². The monoisotopic (exact) mass is 336 g/mol. The fraction of sp³-hybridized carbons (Fsp3) is 0.105. The third-order valence-corrected chi connectivity index (χ3v) is 3.50. The quantitative estimate of drug-likeness (QED) is 0.666. The second-order valence-electron chi connectivity index (χ2n) is 5.61. The van der Waals surface area contributed by atoms with Gasteiger partial charge in [0.25, 0.3) is 0 Å². The Labute approximate surface area is 145 Å². The van der Waals surface area contributed by atoms with E-state index in [1.165, 1.54) is 19.1 Å². The Morgan fingerprint density at radius 3 is 2.40 bits per heavy atom. The van der Waals surface area contributed by atoms with Crippen LogP contribution in [0.1, 0.15) is 23.0 Å². The molecule has 5 nitrogen and oxygen atoms in total. The first-order valence-electron chi connectivity index (χ1n) is 7.76. The lowest BCUT2D eigenvalue weighted by atomic mass is 10.1. The van der Waals surface area contributed by atoms with Crippen molar-refractivity contribution in [2.24, 2.45) is 0 Å². The van der Waals surface area contributed by atoms with E-state index in [-0.39, 0.29) is 11.6 Å². The highest BCUT2D eigenvalue weighted by atomic mass is 19.1. The van der Waals surface area contributed by atoms with Gasteiger partial charge in [0, 0.05) is 28.7 Å². The zero-order valence-electron chi connectivity index (χ0n) is 13.9. The van der Waals surface area contributed by atoms with Crippen molar-refractivity contribution in [3.63, 3.8) is 0 Å². The lowest BCUT2D eigenvalue weighted by molar-refractivity contribution is 0.101. The Bertz CT molecular complexity index is 910. The van der Waals surface area contributed by atoms with Crippen molar-refractivity contribution in [2.75, 3.05) is 10.6 Å². The molecule has 1 aromatic heterocycles. The number of Topliss-reactive ketones (excluding diaryl/α,β-unsaturated/α-hetero) is 1. The van der Waals surface area contributed by atoms with Gasteiger partial charge in [-0.05, 0) is 56.3 Å². The topological polar surface area (TPSA) is 66.9 Å². The minimum absolute atomic E-state index is 0.0195. The number of aryl methyl sites for hydroxylation is 1. The first-order chi connectivity index (χ1) is 12.0. The second kappa shape index (κ2) is 7.09. The normalized spacial score (nSPS) is 10.4. The summed E-state index contributed by atoms with van der Waals surface area (Å²) in [6.45, 7) is 3.38. The predicted octanol–water partition coefficient (Wildman–Crippen LogP) is 4.61. The molecule has 0 bridgehead atoms. The first kappa shape index (κ1) is 16.6. The summed E-state index contributed by atoms with van der Waals surface area (Å²) in [6.07, 6.45) is 0. The average molecular weight is 336 g/mol. The molecule has 0 fully saturated rings. The number of hydrogen-bond donors (Lipinski definition) is 2. The lowest BCUT2D eigenvalue weighted by Gasteiger charge is -2.10. The van der Waals surface area contributed by atoms with Crippen molar-refractivity contribution in [3.05, 3.63) is 71.7 Å². The molecule has 0 aliphatic rings. The van der Waals surface area contributed by atoms with Crippen LogP contribution >= 0.6 is 0 Å². The zero-order valence-corrected chi connectivity index (χ0v) is 13.9. The van der Waals surface area contributed by atoms with Gasteiger partial charge in [0.15, 0.2) is 5.78 Å². The van der Waals surface area contributed by atoms with Crippen molar-refractivity contribution in [3.8, 4) is 0 Å². The molecule has 0 saturated heterocycles. The SMILES string of the molecule is CC(=O)c1ccc(Nc2cc(C)nc(Nc3cccc(F)c3)n2)cc1. The number of nitrogens with zero attached hydrogens (tertiary/aromatic N) is 2. The van der Waals surface area contributed by atoms with E-state index in [4.69, 9.17) is 0 Å². The third-order valence-electron chi connectivity index (χ3n) is 3.50. The van der Waals surface area contributed by atoms with E-state index in [2.05, 4.69) is 20.6 Å². The Morgan fingerprint density at radius 2 is 1.72 bits per heavy atom. The van der Waals surface area contributed by atoms with Crippen LogP contribution in [0.5, 0.6) is 0 Å². The van der Waals surface area contributed by atoms with Crippen molar-refractivity contribution < 1.29 is 9.18 Å². The van der Waals surface area contributed by atoms with E-state index in [0.717, 1.165) is 11.4 Å². The van der Waals surface area contributed by atoms with E-state index in [0.29, 0.717) is 23.0 Å². The number of aromatic nitrogens is 2. The van der Waals surface area contributed by atoms with E-state index in [9.17, 15) is 9.18 Å². The lowest BCUT2D eigenvalue weighted by Crippen LogP contribution is -2.02. The maximum atomic E-state index is 13.3. The van der Waals surface area contributed by atoms with Gasteiger partial charge >= 0.3 is 0 Å². The number of nitrogens with one attached hydrogen (secondary N) is 2. The molecule has 0 unspecified atom stereocenters. The number of halogens is 1. The van der Waals surface area contributed by atoms with Crippen molar-refractivity contribution in [1.29, 1.82) is 0 Å². The van der Waals surface area contributed by atoms with Gasteiger partial charge < -0.3 is 10.6 Å². The Balaban J connectivity index is 1.80. The highest BCUT2D eigenvalue weighted by Gasteiger charge is 2.05. The van der Waals surface area contributed by atoms with Gasteiger partial charge in [0.1, 0.15) is 11.6 Å². The van der Waals surface area contributed by atoms with Crippen LogP contribution in [-0.4, -0.2) is 15.8 Å². The summed E-state index contributed by atoms with van der Waals surface area (Å²) >= 11 is 0. The fourth-order valence-corrected chi connectivity index (χ4v) is 2.32. The molecule has 1 heterocycles. The van der Waals surface area contributed by atoms with Gasteiger partial charge in [-0.2, -0.15) is 4.98 Å². The number of ketones is 1. The second-order valence-corrected chi connectivity index (χ2v) is 5.61. The van der Waals surface area contributed by atoms with Crippen LogP contribution in [0.25, 0.3) is 0 Å². The molecule has 2 aromatic carbocycles. The number of rotatable bonds is 5. The summed E-state index contributed by atoms with van der Waals surface area (Å²) in [5.41, 5.74) is 2.79. The van der Waals surface area contributed by atoms with Crippen LogP contribution < -0.4 is 10.6 Å².